The van der Waals surface area contributed by atoms with E-state index < -0.39 is 0 Å². The Kier molecular flexibility index (Phi) is 5.99. The number of fused-ring (bicyclic) bond motifs is 3. The molecular weight excluding hydrogens is 434 g/mol. The van der Waals surface area contributed by atoms with Crippen LogP contribution < -0.4 is 25.2 Å². The maximum atomic E-state index is 12.8. The molecule has 2 N–H and O–H groups in total. The zero-order chi connectivity index (χ0) is 23.8. The lowest BCUT2D eigenvalue weighted by atomic mass is 10.0. The highest BCUT2D eigenvalue weighted by atomic mass is 16.5. The molecule has 1 unspecified atom stereocenters. The molecule has 4 heterocycles. The number of ether oxygens (including phenoxy) is 1. The van der Waals surface area contributed by atoms with Gasteiger partial charge in [0.2, 0.25) is 11.9 Å². The number of nitrogens with zero attached hydrogens (tertiary/aromatic N) is 5. The van der Waals surface area contributed by atoms with Crippen molar-refractivity contribution in [3.63, 3.8) is 0 Å². The minimum Gasteiger partial charge on any atom is -0.495 e. The second kappa shape index (κ2) is 9.09. The number of benzene rings is 1. The summed E-state index contributed by atoms with van der Waals surface area (Å²) < 4.78 is 5.56. The van der Waals surface area contributed by atoms with Crippen LogP contribution in [-0.4, -0.2) is 79.6 Å². The van der Waals surface area contributed by atoms with Gasteiger partial charge in [-0.3, -0.25) is 9.59 Å². The van der Waals surface area contributed by atoms with Gasteiger partial charge in [-0.2, -0.15) is 4.98 Å². The lowest BCUT2D eigenvalue weighted by Crippen LogP contribution is -2.49. The Morgan fingerprint density at radius 3 is 2.71 bits per heavy atom. The molecule has 10 nitrogen and oxygen atoms in total. The molecule has 2 fully saturated rings. The molecule has 2 saturated heterocycles. The zero-order valence-electron chi connectivity index (χ0n) is 19.9. The molecule has 3 aliphatic heterocycles. The highest BCUT2D eigenvalue weighted by Crippen LogP contribution is 2.38. The normalized spacial score (nSPS) is 20.7. The maximum absolute atomic E-state index is 12.8. The molecule has 0 radical (unpaired) electrons. The average molecular weight is 466 g/mol. The summed E-state index contributed by atoms with van der Waals surface area (Å²) in [5.41, 5.74) is 1.92. The van der Waals surface area contributed by atoms with E-state index in [9.17, 15) is 9.59 Å². The van der Waals surface area contributed by atoms with E-state index >= 15 is 0 Å². The number of piperidine rings is 1. The third kappa shape index (κ3) is 4.13. The summed E-state index contributed by atoms with van der Waals surface area (Å²) in [6.07, 6.45) is 5.38. The van der Waals surface area contributed by atoms with Gasteiger partial charge < -0.3 is 30.1 Å². The summed E-state index contributed by atoms with van der Waals surface area (Å²) >= 11 is 0. The predicted octanol–water partition coefficient (Wildman–Crippen LogP) is 2.00. The van der Waals surface area contributed by atoms with Crippen LogP contribution in [0.3, 0.4) is 0 Å². The summed E-state index contributed by atoms with van der Waals surface area (Å²) in [5, 5.41) is 6.35. The fraction of sp³-hybridized carbons (Fsp3) is 0.500. The first-order chi connectivity index (χ1) is 16.4. The molecule has 0 spiro atoms. The third-order valence-electron chi connectivity index (χ3n) is 7.02. The van der Waals surface area contributed by atoms with Gasteiger partial charge in [-0.15, -0.1) is 0 Å². The van der Waals surface area contributed by atoms with E-state index in [-0.39, 0.29) is 23.9 Å². The lowest BCUT2D eigenvalue weighted by Gasteiger charge is -2.36. The molecule has 3 aliphatic rings. The van der Waals surface area contributed by atoms with E-state index in [4.69, 9.17) is 9.72 Å². The molecule has 5 rings (SSSR count). The van der Waals surface area contributed by atoms with Crippen molar-refractivity contribution < 1.29 is 14.3 Å². The SMILES string of the molecule is COc1cc(C(=O)NC2CCN(C)CC2)ccc1Nc1ncc2c(n1)N1CCCC1C(=O)N2C. The fourth-order valence-corrected chi connectivity index (χ4v) is 4.97. The minimum absolute atomic E-state index is 0.0880. The van der Waals surface area contributed by atoms with E-state index in [0.717, 1.165) is 51.1 Å². The van der Waals surface area contributed by atoms with E-state index in [0.29, 0.717) is 28.6 Å². The second-order valence-corrected chi connectivity index (χ2v) is 9.24. The van der Waals surface area contributed by atoms with E-state index in [1.165, 1.54) is 0 Å². The van der Waals surface area contributed by atoms with Gasteiger partial charge in [-0.25, -0.2) is 4.98 Å². The topological polar surface area (TPSA) is 103 Å². The standard InChI is InChI=1S/C24H31N7O3/c1-29-11-8-16(9-12-29)26-22(32)15-6-7-17(20(13-15)34-3)27-24-25-14-19-21(28-24)31-10-4-5-18(31)23(33)30(19)2/h6-7,13-14,16,18H,4-5,8-12H2,1-3H3,(H,26,32)(H,25,27,28). The van der Waals surface area contributed by atoms with Gasteiger partial charge >= 0.3 is 0 Å². The van der Waals surface area contributed by atoms with Crippen LogP contribution in [0, 0.1) is 0 Å². The summed E-state index contributed by atoms with van der Waals surface area (Å²) in [7, 11) is 5.44. The van der Waals surface area contributed by atoms with Crippen molar-refractivity contribution in [1.82, 2.24) is 20.2 Å². The molecular formula is C24H31N7O3. The van der Waals surface area contributed by atoms with Crippen LogP contribution in [0.1, 0.15) is 36.0 Å². The van der Waals surface area contributed by atoms with Crippen LogP contribution in [0.4, 0.5) is 23.1 Å². The van der Waals surface area contributed by atoms with Crippen LogP contribution in [0.2, 0.25) is 0 Å². The van der Waals surface area contributed by atoms with Crippen LogP contribution in [0.15, 0.2) is 24.4 Å². The Morgan fingerprint density at radius 1 is 1.15 bits per heavy atom. The molecule has 0 bridgehead atoms. The molecule has 10 heteroatoms. The number of carbonyl (C=O) groups excluding carboxylic acids is 2. The molecule has 0 aliphatic carbocycles. The highest BCUT2D eigenvalue weighted by Gasteiger charge is 2.40. The maximum Gasteiger partial charge on any atom is 0.251 e. The lowest BCUT2D eigenvalue weighted by molar-refractivity contribution is -0.119. The number of amides is 2. The number of anilines is 4. The van der Waals surface area contributed by atoms with Crippen LogP contribution in [-0.2, 0) is 4.79 Å². The summed E-state index contributed by atoms with van der Waals surface area (Å²) in [6.45, 7) is 2.78. The molecule has 1 aromatic carbocycles. The Labute approximate surface area is 199 Å². The fourth-order valence-electron chi connectivity index (χ4n) is 4.97. The number of methoxy groups -OCH3 is 1. The van der Waals surface area contributed by atoms with Crippen molar-refractivity contribution in [2.75, 3.05) is 56.0 Å². The third-order valence-corrected chi connectivity index (χ3v) is 7.02. The number of likely N-dealkylation sites (N-methyl/N-ethyl adjacent to an activating group) is 1. The van der Waals surface area contributed by atoms with Crippen molar-refractivity contribution in [2.45, 2.75) is 37.8 Å². The molecule has 1 aromatic heterocycles. The Hall–Kier alpha value is -3.40. The monoisotopic (exact) mass is 465 g/mol. The average Bonchev–Trinajstić information content (AvgIpc) is 3.34. The first-order valence-corrected chi connectivity index (χ1v) is 11.8. The van der Waals surface area contributed by atoms with Gasteiger partial charge in [0.15, 0.2) is 5.82 Å². The van der Waals surface area contributed by atoms with Crippen LogP contribution >= 0.6 is 0 Å². The summed E-state index contributed by atoms with van der Waals surface area (Å²) in [6, 6.07) is 5.34. The number of aromatic nitrogens is 2. The van der Waals surface area contributed by atoms with Crippen molar-refractivity contribution in [2.24, 2.45) is 0 Å². The second-order valence-electron chi connectivity index (χ2n) is 9.24. The van der Waals surface area contributed by atoms with Gasteiger partial charge in [-0.1, -0.05) is 0 Å². The number of carbonyl (C=O) groups is 2. The number of nitrogens with one attached hydrogen (secondary N) is 2. The predicted molar refractivity (Wildman–Crippen MR) is 130 cm³/mol. The van der Waals surface area contributed by atoms with Crippen molar-refractivity contribution in [3.05, 3.63) is 30.0 Å². The molecule has 180 valence electrons. The first kappa shape index (κ1) is 22.4. The first-order valence-electron chi connectivity index (χ1n) is 11.8. The van der Waals surface area contributed by atoms with Crippen molar-refractivity contribution >= 4 is 35.0 Å². The Morgan fingerprint density at radius 2 is 1.94 bits per heavy atom. The molecule has 2 amide bonds. The number of hydrogen-bond acceptors (Lipinski definition) is 8. The minimum atomic E-state index is -0.155. The van der Waals surface area contributed by atoms with Gasteiger partial charge in [0.05, 0.1) is 19.0 Å². The molecule has 2 aromatic rings. The van der Waals surface area contributed by atoms with Crippen LogP contribution in [0.25, 0.3) is 0 Å². The number of hydrogen-bond donors (Lipinski definition) is 2. The van der Waals surface area contributed by atoms with E-state index in [1.54, 1.807) is 43.5 Å². The van der Waals surface area contributed by atoms with E-state index in [2.05, 4.69) is 32.5 Å². The highest BCUT2D eigenvalue weighted by molar-refractivity contribution is 6.04. The Balaban J connectivity index is 1.33. The zero-order valence-corrected chi connectivity index (χ0v) is 19.9. The quantitative estimate of drug-likeness (QED) is 0.691. The molecule has 1 atom stereocenters. The van der Waals surface area contributed by atoms with Gasteiger partial charge in [-0.05, 0) is 64.0 Å². The van der Waals surface area contributed by atoms with Gasteiger partial charge in [0, 0.05) is 25.2 Å². The van der Waals surface area contributed by atoms with Gasteiger partial charge in [0.1, 0.15) is 17.5 Å². The summed E-state index contributed by atoms with van der Waals surface area (Å²) in [4.78, 5) is 40.5. The van der Waals surface area contributed by atoms with Gasteiger partial charge in [0.25, 0.3) is 5.91 Å². The number of likely N-dealkylation sites (tertiary alicyclic amines) is 1. The Bertz CT molecular complexity index is 1100. The number of rotatable bonds is 5. The largest absolute Gasteiger partial charge is 0.495 e. The van der Waals surface area contributed by atoms with E-state index in [1.807, 2.05) is 0 Å². The smallest absolute Gasteiger partial charge is 0.251 e. The van der Waals surface area contributed by atoms with Crippen LogP contribution in [0.5, 0.6) is 5.75 Å². The molecule has 34 heavy (non-hydrogen) atoms. The molecule has 0 saturated carbocycles. The van der Waals surface area contributed by atoms with Crippen molar-refractivity contribution in [3.8, 4) is 5.75 Å². The summed E-state index contributed by atoms with van der Waals surface area (Å²) in [5.74, 6) is 1.69. The van der Waals surface area contributed by atoms with Crippen molar-refractivity contribution in [1.29, 1.82) is 0 Å².